The second-order valence-corrected chi connectivity index (χ2v) is 9.20. The van der Waals surface area contributed by atoms with Crippen LogP contribution in [0.2, 0.25) is 0 Å². The molecule has 7 nitrogen and oxygen atoms in total. The van der Waals surface area contributed by atoms with Crippen molar-refractivity contribution in [1.29, 1.82) is 0 Å². The Morgan fingerprint density at radius 1 is 1.09 bits per heavy atom. The van der Waals surface area contributed by atoms with Crippen LogP contribution in [-0.4, -0.2) is 38.4 Å². The lowest BCUT2D eigenvalue weighted by atomic mass is 10.2. The topological polar surface area (TPSA) is 75.5 Å². The number of nitro benzene ring substituents is 1. The maximum absolute atomic E-state index is 13.5. The summed E-state index contributed by atoms with van der Waals surface area (Å²) in [6, 6.07) is 5.72. The number of hydrogen-bond acceptors (Lipinski definition) is 4. The molecule has 2 unspecified atom stereocenters. The standard InChI is InChI=1S/C14H20N3O4P/c1-13(2)9-15(13)22(20,16-10-14(16,3)4)21-12-7-5-11(6-8-12)17(18)19/h5-8H,9-10H2,1-4H3. The highest BCUT2D eigenvalue weighted by molar-refractivity contribution is 7.55. The molecular weight excluding hydrogens is 305 g/mol. The van der Waals surface area contributed by atoms with Crippen molar-refractivity contribution >= 4 is 13.4 Å². The minimum Gasteiger partial charge on any atom is -0.422 e. The van der Waals surface area contributed by atoms with Crippen LogP contribution in [0.4, 0.5) is 5.69 Å². The molecule has 0 bridgehead atoms. The molecule has 2 saturated heterocycles. The first-order valence-electron chi connectivity index (χ1n) is 7.17. The van der Waals surface area contributed by atoms with Gasteiger partial charge in [-0.1, -0.05) is 0 Å². The summed E-state index contributed by atoms with van der Waals surface area (Å²) in [4.78, 5) is 10.2. The van der Waals surface area contributed by atoms with Gasteiger partial charge in [-0.3, -0.25) is 10.1 Å². The summed E-state index contributed by atoms with van der Waals surface area (Å²) < 4.78 is 23.0. The third-order valence-corrected chi connectivity index (χ3v) is 7.18. The third-order valence-electron chi connectivity index (χ3n) is 4.15. The number of nitrogens with zero attached hydrogens (tertiary/aromatic N) is 3. The van der Waals surface area contributed by atoms with E-state index in [1.54, 1.807) is 0 Å². The Bertz CT molecular complexity index is 645. The Hall–Kier alpha value is -1.43. The summed E-state index contributed by atoms with van der Waals surface area (Å²) in [6.07, 6.45) is 0. The van der Waals surface area contributed by atoms with Gasteiger partial charge in [-0.2, -0.15) is 0 Å². The Kier molecular flexibility index (Phi) is 3.19. The van der Waals surface area contributed by atoms with E-state index in [1.807, 2.05) is 37.0 Å². The van der Waals surface area contributed by atoms with E-state index in [0.717, 1.165) is 0 Å². The van der Waals surface area contributed by atoms with E-state index in [0.29, 0.717) is 18.8 Å². The maximum Gasteiger partial charge on any atom is 0.396 e. The first-order valence-corrected chi connectivity index (χ1v) is 8.70. The summed E-state index contributed by atoms with van der Waals surface area (Å²) in [5.74, 6) is 0.388. The quantitative estimate of drug-likeness (QED) is 0.358. The van der Waals surface area contributed by atoms with Gasteiger partial charge < -0.3 is 4.52 Å². The monoisotopic (exact) mass is 325 g/mol. The normalized spacial score (nSPS) is 30.2. The van der Waals surface area contributed by atoms with Crippen LogP contribution in [0, 0.1) is 10.1 Å². The van der Waals surface area contributed by atoms with E-state index in [-0.39, 0.29) is 16.8 Å². The van der Waals surface area contributed by atoms with Gasteiger partial charge in [0.05, 0.1) is 4.92 Å². The molecule has 0 N–H and O–H groups in total. The second kappa shape index (κ2) is 4.54. The lowest BCUT2D eigenvalue weighted by Crippen LogP contribution is -2.19. The zero-order valence-corrected chi connectivity index (χ0v) is 14.0. The molecule has 1 aromatic carbocycles. The molecule has 0 spiro atoms. The van der Waals surface area contributed by atoms with Crippen molar-refractivity contribution in [3.63, 3.8) is 0 Å². The number of benzene rings is 1. The summed E-state index contributed by atoms with van der Waals surface area (Å²) in [5.41, 5.74) is -0.300. The van der Waals surface area contributed by atoms with Crippen LogP contribution in [0.5, 0.6) is 5.75 Å². The number of hydrogen-bond donors (Lipinski definition) is 0. The van der Waals surface area contributed by atoms with Crippen LogP contribution in [0.25, 0.3) is 0 Å². The Morgan fingerprint density at radius 2 is 1.50 bits per heavy atom. The highest BCUT2D eigenvalue weighted by atomic mass is 31.2. The van der Waals surface area contributed by atoms with Gasteiger partial charge in [-0.15, -0.1) is 0 Å². The first-order chi connectivity index (χ1) is 10.1. The zero-order chi connectivity index (χ0) is 16.3. The fourth-order valence-electron chi connectivity index (χ4n) is 2.52. The minimum atomic E-state index is -3.15. The van der Waals surface area contributed by atoms with Crippen LogP contribution >= 0.6 is 7.67 Å². The number of nitro groups is 1. The van der Waals surface area contributed by atoms with E-state index < -0.39 is 12.6 Å². The maximum atomic E-state index is 13.5. The molecule has 120 valence electrons. The van der Waals surface area contributed by atoms with Gasteiger partial charge in [-0.05, 0) is 39.8 Å². The minimum absolute atomic E-state index is 0.0127. The Morgan fingerprint density at radius 3 is 1.82 bits per heavy atom. The molecule has 2 aliphatic heterocycles. The molecule has 2 aliphatic rings. The molecule has 3 rings (SSSR count). The van der Waals surface area contributed by atoms with Gasteiger partial charge in [0, 0.05) is 36.3 Å². The number of non-ortho nitro benzene ring substituents is 1. The fourth-order valence-corrected chi connectivity index (χ4v) is 5.79. The van der Waals surface area contributed by atoms with Crippen LogP contribution < -0.4 is 4.52 Å². The van der Waals surface area contributed by atoms with Gasteiger partial charge in [0.25, 0.3) is 5.69 Å². The Balaban J connectivity index is 1.85. The summed E-state index contributed by atoms with van der Waals surface area (Å²) in [7, 11) is -3.15. The van der Waals surface area contributed by atoms with Crippen LogP contribution in [0.1, 0.15) is 27.7 Å². The molecule has 8 heteroatoms. The molecule has 0 aliphatic carbocycles. The summed E-state index contributed by atoms with van der Waals surface area (Å²) in [5, 5.41) is 10.7. The van der Waals surface area contributed by atoms with Crippen molar-refractivity contribution in [2.45, 2.75) is 38.8 Å². The molecular formula is C14H20N3O4P. The molecule has 22 heavy (non-hydrogen) atoms. The molecule has 0 saturated carbocycles. The lowest BCUT2D eigenvalue weighted by molar-refractivity contribution is -0.384. The zero-order valence-electron chi connectivity index (χ0n) is 13.1. The van der Waals surface area contributed by atoms with E-state index in [2.05, 4.69) is 0 Å². The van der Waals surface area contributed by atoms with Crippen molar-refractivity contribution in [2.75, 3.05) is 13.1 Å². The highest BCUT2D eigenvalue weighted by Gasteiger charge is 2.66. The predicted molar refractivity (Wildman–Crippen MR) is 82.9 cm³/mol. The third kappa shape index (κ3) is 2.53. The van der Waals surface area contributed by atoms with Crippen LogP contribution in [0.15, 0.2) is 24.3 Å². The van der Waals surface area contributed by atoms with Gasteiger partial charge in [0.15, 0.2) is 0 Å². The van der Waals surface area contributed by atoms with Crippen molar-refractivity contribution in [1.82, 2.24) is 9.34 Å². The first kappa shape index (κ1) is 15.5. The largest absolute Gasteiger partial charge is 0.422 e. The molecule has 0 radical (unpaired) electrons. The van der Waals surface area contributed by atoms with Gasteiger partial charge >= 0.3 is 7.67 Å². The second-order valence-electron chi connectivity index (χ2n) is 7.07. The molecule has 2 atom stereocenters. The summed E-state index contributed by atoms with van der Waals surface area (Å²) >= 11 is 0. The molecule has 0 aromatic heterocycles. The van der Waals surface area contributed by atoms with Crippen molar-refractivity contribution < 1.29 is 14.0 Å². The van der Waals surface area contributed by atoms with Gasteiger partial charge in [0.1, 0.15) is 5.75 Å². The summed E-state index contributed by atoms with van der Waals surface area (Å²) in [6.45, 7) is 9.52. The molecule has 0 amide bonds. The van der Waals surface area contributed by atoms with Crippen LogP contribution in [0.3, 0.4) is 0 Å². The van der Waals surface area contributed by atoms with Crippen LogP contribution in [-0.2, 0) is 4.57 Å². The fraction of sp³-hybridized carbons (Fsp3) is 0.571. The molecule has 2 heterocycles. The van der Waals surface area contributed by atoms with Gasteiger partial charge in [-0.25, -0.2) is 13.9 Å². The van der Waals surface area contributed by atoms with Crippen molar-refractivity contribution in [3.8, 4) is 5.75 Å². The Labute approximate surface area is 129 Å². The van der Waals surface area contributed by atoms with E-state index in [9.17, 15) is 14.7 Å². The smallest absolute Gasteiger partial charge is 0.396 e. The van der Waals surface area contributed by atoms with Crippen molar-refractivity contribution in [2.24, 2.45) is 0 Å². The average molecular weight is 325 g/mol. The van der Waals surface area contributed by atoms with Crippen molar-refractivity contribution in [3.05, 3.63) is 34.4 Å². The van der Waals surface area contributed by atoms with E-state index in [1.165, 1.54) is 24.3 Å². The molecule has 1 aromatic rings. The average Bonchev–Trinajstić information content (AvgIpc) is 3.25. The number of rotatable bonds is 5. The lowest BCUT2D eigenvalue weighted by Gasteiger charge is -2.25. The predicted octanol–water partition coefficient (Wildman–Crippen LogP) is 3.27. The highest BCUT2D eigenvalue weighted by Crippen LogP contribution is 2.69. The van der Waals surface area contributed by atoms with Gasteiger partial charge in [0.2, 0.25) is 0 Å². The van der Waals surface area contributed by atoms with E-state index in [4.69, 9.17) is 4.52 Å². The van der Waals surface area contributed by atoms with E-state index >= 15 is 0 Å². The molecule has 2 fully saturated rings. The SMILES string of the molecule is CC1(C)CN1P(=O)(Oc1ccc([N+](=O)[O-])cc1)N1CC1(C)C.